The van der Waals surface area contributed by atoms with Crippen LogP contribution in [0.3, 0.4) is 0 Å². The highest BCUT2D eigenvalue weighted by molar-refractivity contribution is 6.02. The largest absolute Gasteiger partial charge is 0.493 e. The van der Waals surface area contributed by atoms with Crippen LogP contribution in [0, 0.1) is 11.3 Å². The number of nitrogens with one attached hydrogen (secondary N) is 2. The van der Waals surface area contributed by atoms with Gasteiger partial charge in [-0.25, -0.2) is 15.8 Å². The van der Waals surface area contributed by atoms with Crippen molar-refractivity contribution in [3.63, 3.8) is 0 Å². The molecule has 0 unspecified atom stereocenters. The average molecular weight is 514 g/mol. The quantitative estimate of drug-likeness (QED) is 0.222. The van der Waals surface area contributed by atoms with Crippen molar-refractivity contribution in [2.24, 2.45) is 5.84 Å². The van der Waals surface area contributed by atoms with Crippen molar-refractivity contribution in [2.45, 2.75) is 6.92 Å². The lowest BCUT2D eigenvalue weighted by molar-refractivity contribution is -0.111. The molecule has 2 aromatic heterocycles. The van der Waals surface area contributed by atoms with E-state index in [0.29, 0.717) is 40.0 Å². The summed E-state index contributed by atoms with van der Waals surface area (Å²) in [5, 5.41) is 17.0. The number of nitriles is 1. The molecular weight excluding hydrogens is 482 g/mol. The molecular formula is C27H31N9O2. The summed E-state index contributed by atoms with van der Waals surface area (Å²) in [4.78, 5) is 25.6. The van der Waals surface area contributed by atoms with Crippen molar-refractivity contribution in [3.05, 3.63) is 67.0 Å². The number of aromatic nitrogens is 2. The van der Waals surface area contributed by atoms with Crippen LogP contribution >= 0.6 is 0 Å². The van der Waals surface area contributed by atoms with Gasteiger partial charge in [0.25, 0.3) is 0 Å². The van der Waals surface area contributed by atoms with Gasteiger partial charge in [0.05, 0.1) is 29.7 Å². The van der Waals surface area contributed by atoms with E-state index < -0.39 is 0 Å². The van der Waals surface area contributed by atoms with E-state index in [2.05, 4.69) is 50.0 Å². The molecule has 1 aliphatic heterocycles. The lowest BCUT2D eigenvalue weighted by atomic mass is 10.1. The average Bonchev–Trinajstić information content (AvgIpc) is 2.97. The van der Waals surface area contributed by atoms with E-state index in [1.807, 2.05) is 18.2 Å². The zero-order chi connectivity index (χ0) is 27.1. The first kappa shape index (κ1) is 26.4. The van der Waals surface area contributed by atoms with Crippen LogP contribution in [0.1, 0.15) is 12.5 Å². The number of likely N-dealkylation sites (N-methyl/N-ethyl adjacent to an activating group) is 1. The van der Waals surface area contributed by atoms with Crippen LogP contribution in [0.25, 0.3) is 0 Å². The summed E-state index contributed by atoms with van der Waals surface area (Å²) in [6.45, 7) is 10.5. The van der Waals surface area contributed by atoms with E-state index >= 15 is 0 Å². The van der Waals surface area contributed by atoms with Gasteiger partial charge in [-0.3, -0.25) is 9.80 Å². The van der Waals surface area contributed by atoms with Gasteiger partial charge in [0.1, 0.15) is 11.9 Å². The van der Waals surface area contributed by atoms with E-state index in [-0.39, 0.29) is 5.91 Å². The Balaban J connectivity index is 1.67. The first-order valence-electron chi connectivity index (χ1n) is 12.2. The first-order chi connectivity index (χ1) is 18.5. The Hall–Kier alpha value is -4.66. The lowest BCUT2D eigenvalue weighted by Crippen LogP contribution is -2.46. The van der Waals surface area contributed by atoms with Crippen molar-refractivity contribution >= 4 is 40.3 Å². The summed E-state index contributed by atoms with van der Waals surface area (Å²) in [7, 11) is 1.54. The van der Waals surface area contributed by atoms with Crippen LogP contribution < -0.4 is 31.1 Å². The van der Waals surface area contributed by atoms with E-state index in [9.17, 15) is 10.1 Å². The number of carbonyl (C=O) groups excluding carboxylic acids is 1. The molecule has 1 fully saturated rings. The van der Waals surface area contributed by atoms with Crippen LogP contribution in [0.2, 0.25) is 0 Å². The monoisotopic (exact) mass is 513 g/mol. The Kier molecular flexibility index (Phi) is 8.37. The normalized spacial score (nSPS) is 13.4. The molecule has 11 nitrogen and oxygen atoms in total. The third-order valence-corrected chi connectivity index (χ3v) is 6.37. The van der Waals surface area contributed by atoms with Crippen LogP contribution in [-0.2, 0) is 4.79 Å². The molecule has 4 rings (SSSR count). The van der Waals surface area contributed by atoms with Gasteiger partial charge in [-0.1, -0.05) is 13.5 Å². The molecule has 0 spiro atoms. The summed E-state index contributed by atoms with van der Waals surface area (Å²) < 4.78 is 5.36. The van der Waals surface area contributed by atoms with E-state index in [1.54, 1.807) is 31.5 Å². The molecule has 1 aromatic carbocycles. The number of rotatable bonds is 9. The van der Waals surface area contributed by atoms with E-state index in [1.165, 1.54) is 17.3 Å². The van der Waals surface area contributed by atoms with Crippen LogP contribution in [0.15, 0.2) is 61.4 Å². The highest BCUT2D eigenvalue weighted by Gasteiger charge is 2.20. The number of nitrogens with zero attached hydrogens (tertiary/aromatic N) is 6. The summed E-state index contributed by atoms with van der Waals surface area (Å²) >= 11 is 0. The van der Waals surface area contributed by atoms with Crippen molar-refractivity contribution in [1.82, 2.24) is 14.9 Å². The second-order valence-corrected chi connectivity index (χ2v) is 8.57. The molecule has 1 saturated heterocycles. The Morgan fingerprint density at radius 2 is 2.03 bits per heavy atom. The number of hydrogen-bond acceptors (Lipinski definition) is 10. The number of piperazine rings is 1. The molecule has 3 aromatic rings. The Bertz CT molecular complexity index is 1350. The molecule has 1 amide bonds. The highest BCUT2D eigenvalue weighted by atomic mass is 16.5. The fraction of sp³-hybridized carbons (Fsp3) is 0.259. The number of pyridine rings is 2. The minimum atomic E-state index is -0.356. The summed E-state index contributed by atoms with van der Waals surface area (Å²) in [6, 6.07) is 13.0. The van der Waals surface area contributed by atoms with Crippen LogP contribution in [-0.4, -0.2) is 60.6 Å². The number of ether oxygens (including phenoxy) is 1. The maximum absolute atomic E-state index is 12.3. The zero-order valence-electron chi connectivity index (χ0n) is 21.5. The molecule has 3 heterocycles. The second-order valence-electron chi connectivity index (χ2n) is 8.57. The fourth-order valence-corrected chi connectivity index (χ4v) is 4.21. The van der Waals surface area contributed by atoms with Crippen molar-refractivity contribution in [1.29, 1.82) is 5.26 Å². The van der Waals surface area contributed by atoms with Crippen molar-refractivity contribution < 1.29 is 9.53 Å². The minimum absolute atomic E-state index is 0.302. The zero-order valence-corrected chi connectivity index (χ0v) is 21.5. The van der Waals surface area contributed by atoms with Gasteiger partial charge in [-0.05, 0) is 43.0 Å². The summed E-state index contributed by atoms with van der Waals surface area (Å²) in [6.07, 6.45) is 4.25. The predicted octanol–water partition coefficient (Wildman–Crippen LogP) is 3.38. The third-order valence-electron chi connectivity index (χ3n) is 6.37. The Morgan fingerprint density at radius 1 is 1.24 bits per heavy atom. The molecule has 1 aliphatic rings. The number of nitrogens with two attached hydrogens (primary N) is 1. The second kappa shape index (κ2) is 12.1. The Morgan fingerprint density at radius 3 is 2.71 bits per heavy atom. The van der Waals surface area contributed by atoms with Crippen LogP contribution in [0.4, 0.5) is 34.4 Å². The highest BCUT2D eigenvalue weighted by Crippen LogP contribution is 2.35. The third kappa shape index (κ3) is 5.83. The molecule has 4 N–H and O–H groups in total. The fourth-order valence-electron chi connectivity index (χ4n) is 4.21. The molecule has 38 heavy (non-hydrogen) atoms. The lowest BCUT2D eigenvalue weighted by Gasteiger charge is -2.36. The molecule has 0 saturated carbocycles. The van der Waals surface area contributed by atoms with Gasteiger partial charge in [-0.2, -0.15) is 5.26 Å². The van der Waals surface area contributed by atoms with Gasteiger partial charge in [0.15, 0.2) is 11.6 Å². The number of hydrazine groups is 1. The van der Waals surface area contributed by atoms with Gasteiger partial charge in [0.2, 0.25) is 5.91 Å². The Labute approximate surface area is 222 Å². The van der Waals surface area contributed by atoms with E-state index in [4.69, 9.17) is 10.6 Å². The van der Waals surface area contributed by atoms with Gasteiger partial charge in [-0.15, -0.1) is 0 Å². The van der Waals surface area contributed by atoms with Gasteiger partial charge >= 0.3 is 0 Å². The number of methoxy groups -OCH3 is 1. The molecule has 0 atom stereocenters. The maximum atomic E-state index is 12.3. The first-order valence-corrected chi connectivity index (χ1v) is 12.2. The van der Waals surface area contributed by atoms with Crippen molar-refractivity contribution in [3.8, 4) is 11.8 Å². The van der Waals surface area contributed by atoms with Crippen LogP contribution in [0.5, 0.6) is 5.75 Å². The summed E-state index contributed by atoms with van der Waals surface area (Å²) in [5.41, 5.74) is 2.77. The molecule has 0 bridgehead atoms. The predicted molar refractivity (Wildman–Crippen MR) is 149 cm³/mol. The SMILES string of the molecule is C=CC(=O)Nc1cc(N2CCN(CC)CC2)ccc1N(N)c1cc(Nc2ncccc2OC)c(C#N)cn1. The number of anilines is 6. The van der Waals surface area contributed by atoms with Gasteiger partial charge < -0.3 is 25.2 Å². The smallest absolute Gasteiger partial charge is 0.247 e. The molecule has 196 valence electrons. The number of hydrogen-bond donors (Lipinski definition) is 3. The van der Waals surface area contributed by atoms with Gasteiger partial charge in [0, 0.05) is 50.3 Å². The van der Waals surface area contributed by atoms with Crippen molar-refractivity contribution in [2.75, 3.05) is 60.4 Å². The number of amides is 1. The standard InChI is InChI=1S/C27H31N9O2/c1-4-26(37)32-22-15-20(35-13-11-34(5-2)12-14-35)8-9-23(22)36(29)25-16-21(19(17-28)18-31-25)33-27-24(38-3)7-6-10-30-27/h4,6-10,15-16,18H,1,5,11-14,29H2,2-3H3,(H,32,37)(H,30,31,33). The molecule has 0 aliphatic carbocycles. The maximum Gasteiger partial charge on any atom is 0.247 e. The summed E-state index contributed by atoms with van der Waals surface area (Å²) in [5.74, 6) is 7.48. The van der Waals surface area contributed by atoms with E-state index in [0.717, 1.165) is 38.4 Å². The molecule has 0 radical (unpaired) electrons. The molecule has 11 heteroatoms. The number of carbonyl (C=O) groups is 1. The number of benzene rings is 1. The minimum Gasteiger partial charge on any atom is -0.493 e. The topological polar surface area (TPSA) is 136 Å².